The Balaban J connectivity index is 2.05. The highest BCUT2D eigenvalue weighted by Gasteiger charge is 2.27. The first-order chi connectivity index (χ1) is 8.20. The highest BCUT2D eigenvalue weighted by molar-refractivity contribution is 6.31. The predicted octanol–water partition coefficient (Wildman–Crippen LogP) is 3.80. The Kier molecular flexibility index (Phi) is 4.41. The van der Waals surface area contributed by atoms with Crippen molar-refractivity contribution in [3.05, 3.63) is 34.6 Å². The fourth-order valence-corrected chi connectivity index (χ4v) is 2.68. The average molecular weight is 256 g/mol. The van der Waals surface area contributed by atoms with Crippen LogP contribution < -0.4 is 5.32 Å². The summed E-state index contributed by atoms with van der Waals surface area (Å²) in [6.07, 6.45) is 4.84. The quantitative estimate of drug-likeness (QED) is 0.844. The SMILES string of the molecule is CCNC(Cc1ccc(F)cc1Cl)C1CCC1. The van der Waals surface area contributed by atoms with Crippen molar-refractivity contribution in [3.63, 3.8) is 0 Å². The molecule has 1 aromatic carbocycles. The van der Waals surface area contributed by atoms with Gasteiger partial charge in [0, 0.05) is 11.1 Å². The zero-order valence-corrected chi connectivity index (χ0v) is 10.9. The summed E-state index contributed by atoms with van der Waals surface area (Å²) < 4.78 is 13.0. The molecule has 1 nitrogen and oxygen atoms in total. The third kappa shape index (κ3) is 3.20. The third-order valence-corrected chi connectivity index (χ3v) is 3.99. The summed E-state index contributed by atoms with van der Waals surface area (Å²) in [5.74, 6) is 0.499. The molecule has 3 heteroatoms. The summed E-state index contributed by atoms with van der Waals surface area (Å²) in [5.41, 5.74) is 1.05. The van der Waals surface area contributed by atoms with Crippen molar-refractivity contribution in [3.8, 4) is 0 Å². The van der Waals surface area contributed by atoms with Gasteiger partial charge in [0.05, 0.1) is 0 Å². The van der Waals surface area contributed by atoms with Crippen molar-refractivity contribution in [2.75, 3.05) is 6.54 Å². The molecule has 17 heavy (non-hydrogen) atoms. The molecule has 0 saturated heterocycles. The Morgan fingerprint density at radius 1 is 1.47 bits per heavy atom. The number of nitrogens with one attached hydrogen (secondary N) is 1. The van der Waals surface area contributed by atoms with Gasteiger partial charge in [-0.05, 0) is 49.4 Å². The standard InChI is InChI=1S/C14H19ClFN/c1-2-17-14(10-4-3-5-10)8-11-6-7-12(16)9-13(11)15/h6-7,9-10,14,17H,2-5,8H2,1H3. The lowest BCUT2D eigenvalue weighted by molar-refractivity contribution is 0.229. The lowest BCUT2D eigenvalue weighted by Gasteiger charge is -2.34. The summed E-state index contributed by atoms with van der Waals surface area (Å²) in [5, 5.41) is 4.07. The van der Waals surface area contributed by atoms with Crippen molar-refractivity contribution >= 4 is 11.6 Å². The van der Waals surface area contributed by atoms with Crippen LogP contribution in [0.15, 0.2) is 18.2 Å². The molecule has 1 atom stereocenters. The van der Waals surface area contributed by atoms with Gasteiger partial charge in [0.2, 0.25) is 0 Å². The van der Waals surface area contributed by atoms with Gasteiger partial charge in [0.25, 0.3) is 0 Å². The minimum atomic E-state index is -0.262. The molecule has 0 aliphatic heterocycles. The van der Waals surface area contributed by atoms with Crippen LogP contribution >= 0.6 is 11.6 Å². The van der Waals surface area contributed by atoms with Crippen molar-refractivity contribution in [2.45, 2.75) is 38.6 Å². The van der Waals surface area contributed by atoms with E-state index in [2.05, 4.69) is 12.2 Å². The maximum absolute atomic E-state index is 13.0. The van der Waals surface area contributed by atoms with E-state index in [0.717, 1.165) is 24.4 Å². The molecule has 1 unspecified atom stereocenters. The summed E-state index contributed by atoms with van der Waals surface area (Å²) in [6.45, 7) is 3.10. The molecule has 0 spiro atoms. The van der Waals surface area contributed by atoms with Gasteiger partial charge in [-0.25, -0.2) is 4.39 Å². The second kappa shape index (κ2) is 5.83. The van der Waals surface area contributed by atoms with Crippen molar-refractivity contribution in [2.24, 2.45) is 5.92 Å². The molecule has 1 fully saturated rings. The molecule has 1 aliphatic carbocycles. The van der Waals surface area contributed by atoms with Crippen LogP contribution in [0.5, 0.6) is 0 Å². The molecule has 1 aromatic rings. The highest BCUT2D eigenvalue weighted by Crippen LogP contribution is 2.32. The second-order valence-corrected chi connectivity index (χ2v) is 5.20. The van der Waals surface area contributed by atoms with Crippen LogP contribution in [-0.4, -0.2) is 12.6 Å². The monoisotopic (exact) mass is 255 g/mol. The fraction of sp³-hybridized carbons (Fsp3) is 0.571. The molecule has 0 aromatic heterocycles. The summed E-state index contributed by atoms with van der Waals surface area (Å²) in [4.78, 5) is 0. The summed E-state index contributed by atoms with van der Waals surface area (Å²) in [6, 6.07) is 5.18. The molecule has 94 valence electrons. The van der Waals surface area contributed by atoms with Gasteiger partial charge in [0.15, 0.2) is 0 Å². The molecule has 0 amide bonds. The van der Waals surface area contributed by atoms with Crippen LogP contribution in [0.25, 0.3) is 0 Å². The van der Waals surface area contributed by atoms with Crippen LogP contribution in [-0.2, 0) is 6.42 Å². The zero-order chi connectivity index (χ0) is 12.3. The first-order valence-electron chi connectivity index (χ1n) is 6.38. The van der Waals surface area contributed by atoms with E-state index in [-0.39, 0.29) is 5.82 Å². The predicted molar refractivity (Wildman–Crippen MR) is 69.9 cm³/mol. The minimum absolute atomic E-state index is 0.262. The number of hydrogen-bond acceptors (Lipinski definition) is 1. The molecule has 1 aliphatic rings. The fourth-order valence-electron chi connectivity index (χ4n) is 2.43. The lowest BCUT2D eigenvalue weighted by atomic mass is 9.77. The van der Waals surface area contributed by atoms with Crippen LogP contribution in [0, 0.1) is 11.7 Å². The number of benzene rings is 1. The smallest absolute Gasteiger partial charge is 0.124 e. The molecular weight excluding hydrogens is 237 g/mol. The van der Waals surface area contributed by atoms with Crippen molar-refractivity contribution in [1.29, 1.82) is 0 Å². The molecule has 1 saturated carbocycles. The van der Waals surface area contributed by atoms with E-state index in [1.54, 1.807) is 6.07 Å². The van der Waals surface area contributed by atoms with Crippen molar-refractivity contribution < 1.29 is 4.39 Å². The van der Waals surface area contributed by atoms with Crippen LogP contribution in [0.2, 0.25) is 5.02 Å². The van der Waals surface area contributed by atoms with Gasteiger partial charge in [-0.1, -0.05) is 31.0 Å². The van der Waals surface area contributed by atoms with E-state index in [4.69, 9.17) is 11.6 Å². The minimum Gasteiger partial charge on any atom is -0.314 e. The van der Waals surface area contributed by atoms with Crippen LogP contribution in [0.3, 0.4) is 0 Å². The molecule has 0 radical (unpaired) electrons. The maximum Gasteiger partial charge on any atom is 0.124 e. The van der Waals surface area contributed by atoms with Gasteiger partial charge >= 0.3 is 0 Å². The van der Waals surface area contributed by atoms with E-state index < -0.39 is 0 Å². The molecule has 0 bridgehead atoms. The molecule has 2 rings (SSSR count). The van der Waals surface area contributed by atoms with Crippen LogP contribution in [0.1, 0.15) is 31.7 Å². The third-order valence-electron chi connectivity index (χ3n) is 3.64. The largest absolute Gasteiger partial charge is 0.314 e. The van der Waals surface area contributed by atoms with Gasteiger partial charge in [-0.2, -0.15) is 0 Å². The maximum atomic E-state index is 13.0. The Bertz CT molecular complexity index is 376. The number of halogens is 2. The van der Waals surface area contributed by atoms with Gasteiger partial charge < -0.3 is 5.32 Å². The first kappa shape index (κ1) is 12.8. The van der Waals surface area contributed by atoms with Gasteiger partial charge in [-0.15, -0.1) is 0 Å². The highest BCUT2D eigenvalue weighted by atomic mass is 35.5. The normalized spacial score (nSPS) is 17.8. The number of hydrogen-bond donors (Lipinski definition) is 1. The Labute approximate surface area is 107 Å². The average Bonchev–Trinajstić information content (AvgIpc) is 2.20. The zero-order valence-electron chi connectivity index (χ0n) is 10.2. The summed E-state index contributed by atoms with van der Waals surface area (Å²) in [7, 11) is 0. The number of likely N-dealkylation sites (N-methyl/N-ethyl adjacent to an activating group) is 1. The Morgan fingerprint density at radius 3 is 2.76 bits per heavy atom. The number of rotatable bonds is 5. The van der Waals surface area contributed by atoms with Gasteiger partial charge in [-0.3, -0.25) is 0 Å². The van der Waals surface area contributed by atoms with E-state index in [1.165, 1.54) is 31.4 Å². The van der Waals surface area contributed by atoms with Gasteiger partial charge in [0.1, 0.15) is 5.82 Å². The first-order valence-corrected chi connectivity index (χ1v) is 6.75. The van der Waals surface area contributed by atoms with E-state index in [0.29, 0.717) is 11.1 Å². The Morgan fingerprint density at radius 2 is 2.24 bits per heavy atom. The lowest BCUT2D eigenvalue weighted by Crippen LogP contribution is -2.41. The second-order valence-electron chi connectivity index (χ2n) is 4.80. The van der Waals surface area contributed by atoms with E-state index in [9.17, 15) is 4.39 Å². The van der Waals surface area contributed by atoms with Crippen LogP contribution in [0.4, 0.5) is 4.39 Å². The topological polar surface area (TPSA) is 12.0 Å². The van der Waals surface area contributed by atoms with Crippen molar-refractivity contribution in [1.82, 2.24) is 5.32 Å². The van der Waals surface area contributed by atoms with E-state index >= 15 is 0 Å². The molecule has 1 N–H and O–H groups in total. The summed E-state index contributed by atoms with van der Waals surface area (Å²) >= 11 is 6.07. The molecular formula is C14H19ClFN. The van der Waals surface area contributed by atoms with E-state index in [1.807, 2.05) is 0 Å². The molecule has 0 heterocycles. The Hall–Kier alpha value is -0.600.